The van der Waals surface area contributed by atoms with Gasteiger partial charge in [0.05, 0.1) is 17.5 Å². The molecular formula is C23H21N5O4. The molecule has 0 atom stereocenters. The predicted octanol–water partition coefficient (Wildman–Crippen LogP) is 2.38. The summed E-state index contributed by atoms with van der Waals surface area (Å²) in [4.78, 5) is 41.9. The highest BCUT2D eigenvalue weighted by Gasteiger charge is 2.18. The fourth-order valence-electron chi connectivity index (χ4n) is 3.30. The van der Waals surface area contributed by atoms with Crippen molar-refractivity contribution in [3.8, 4) is 11.5 Å². The van der Waals surface area contributed by atoms with Gasteiger partial charge in [-0.05, 0) is 32.0 Å². The van der Waals surface area contributed by atoms with Gasteiger partial charge in [-0.25, -0.2) is 9.67 Å². The Morgan fingerprint density at radius 3 is 2.41 bits per heavy atom. The molecular weight excluding hydrogens is 410 g/mol. The number of carbonyl (C=O) groups excluding carboxylic acids is 2. The molecule has 0 fully saturated rings. The largest absolute Gasteiger partial charge is 0.441 e. The lowest BCUT2D eigenvalue weighted by atomic mass is 10.1. The summed E-state index contributed by atoms with van der Waals surface area (Å²) in [7, 11) is 0. The normalized spacial score (nSPS) is 10.8. The van der Waals surface area contributed by atoms with E-state index in [1.807, 2.05) is 30.3 Å². The van der Waals surface area contributed by atoms with Gasteiger partial charge in [-0.1, -0.05) is 36.4 Å². The molecule has 0 radical (unpaired) electrons. The van der Waals surface area contributed by atoms with E-state index in [1.165, 1.54) is 4.68 Å². The van der Waals surface area contributed by atoms with Crippen molar-refractivity contribution in [2.24, 2.45) is 0 Å². The molecule has 4 rings (SSSR count). The Labute approximate surface area is 183 Å². The van der Waals surface area contributed by atoms with E-state index >= 15 is 0 Å². The number of benzene rings is 2. The van der Waals surface area contributed by atoms with E-state index in [0.29, 0.717) is 34.7 Å². The van der Waals surface area contributed by atoms with Crippen LogP contribution >= 0.6 is 0 Å². The van der Waals surface area contributed by atoms with E-state index in [-0.39, 0.29) is 17.7 Å². The maximum absolute atomic E-state index is 12.7. The topological polar surface area (TPSA) is 119 Å². The van der Waals surface area contributed by atoms with Crippen molar-refractivity contribution in [2.45, 2.75) is 26.8 Å². The summed E-state index contributed by atoms with van der Waals surface area (Å²) in [6, 6.07) is 16.1. The van der Waals surface area contributed by atoms with Crippen LogP contribution < -0.4 is 16.4 Å². The molecule has 2 amide bonds. The molecule has 0 aliphatic rings. The highest BCUT2D eigenvalue weighted by Crippen LogP contribution is 2.21. The first kappa shape index (κ1) is 21.0. The van der Waals surface area contributed by atoms with Gasteiger partial charge in [0.15, 0.2) is 5.69 Å². The third kappa shape index (κ3) is 4.13. The van der Waals surface area contributed by atoms with Crippen LogP contribution in [-0.2, 0) is 17.8 Å². The number of aromatic nitrogens is 3. The lowest BCUT2D eigenvalue weighted by molar-refractivity contribution is -0.121. The molecule has 0 aliphatic carbocycles. The number of fused-ring (bicyclic) bond motifs is 1. The number of amides is 2. The Kier molecular flexibility index (Phi) is 5.80. The van der Waals surface area contributed by atoms with Crippen molar-refractivity contribution >= 4 is 22.6 Å². The highest BCUT2D eigenvalue weighted by molar-refractivity contribution is 6.05. The van der Waals surface area contributed by atoms with Crippen LogP contribution in [0, 0.1) is 6.92 Å². The standard InChI is InChI=1S/C23H21N5O4/c1-3-28-23(31)17-12-8-7-11-16(17)20(27-28)21(30)26-25-19(29)13-18-14(2)32-22(24-18)15-9-5-4-6-10-15/h4-12H,3,13H2,1-2H3,(H,25,29)(H,26,30). The smallest absolute Gasteiger partial charge is 0.290 e. The average Bonchev–Trinajstić information content (AvgIpc) is 3.18. The Morgan fingerprint density at radius 1 is 1.00 bits per heavy atom. The summed E-state index contributed by atoms with van der Waals surface area (Å²) in [5, 5.41) is 4.94. The molecule has 2 N–H and O–H groups in total. The summed E-state index contributed by atoms with van der Waals surface area (Å²) in [6.45, 7) is 3.80. The number of carbonyl (C=O) groups is 2. The van der Waals surface area contributed by atoms with Gasteiger partial charge in [-0.2, -0.15) is 5.10 Å². The molecule has 0 unspecified atom stereocenters. The molecule has 162 valence electrons. The molecule has 4 aromatic rings. The third-order valence-electron chi connectivity index (χ3n) is 4.94. The van der Waals surface area contributed by atoms with Crippen LogP contribution in [-0.4, -0.2) is 26.6 Å². The van der Waals surface area contributed by atoms with Gasteiger partial charge in [0.2, 0.25) is 11.8 Å². The molecule has 9 heteroatoms. The van der Waals surface area contributed by atoms with Crippen LogP contribution in [0.25, 0.3) is 22.2 Å². The van der Waals surface area contributed by atoms with Crippen LogP contribution in [0.4, 0.5) is 0 Å². The van der Waals surface area contributed by atoms with Crippen LogP contribution in [0.2, 0.25) is 0 Å². The first-order valence-electron chi connectivity index (χ1n) is 10.1. The van der Waals surface area contributed by atoms with E-state index in [4.69, 9.17) is 4.42 Å². The third-order valence-corrected chi connectivity index (χ3v) is 4.94. The zero-order valence-electron chi connectivity index (χ0n) is 17.6. The van der Waals surface area contributed by atoms with Crippen molar-refractivity contribution in [1.29, 1.82) is 0 Å². The molecule has 0 aliphatic heterocycles. The van der Waals surface area contributed by atoms with Gasteiger partial charge in [0.25, 0.3) is 11.5 Å². The first-order valence-corrected chi connectivity index (χ1v) is 10.1. The predicted molar refractivity (Wildman–Crippen MR) is 118 cm³/mol. The molecule has 2 aromatic carbocycles. The number of hydrogen-bond acceptors (Lipinski definition) is 6. The summed E-state index contributed by atoms with van der Waals surface area (Å²) in [5.41, 5.74) is 5.79. The number of hydrazine groups is 1. The van der Waals surface area contributed by atoms with Crippen LogP contribution in [0.5, 0.6) is 0 Å². The maximum Gasteiger partial charge on any atom is 0.290 e. The van der Waals surface area contributed by atoms with Crippen LogP contribution in [0.3, 0.4) is 0 Å². The summed E-state index contributed by atoms with van der Waals surface area (Å²) in [5.74, 6) is -0.151. The zero-order chi connectivity index (χ0) is 22.7. The maximum atomic E-state index is 12.7. The second-order valence-corrected chi connectivity index (χ2v) is 7.08. The lowest BCUT2D eigenvalue weighted by Gasteiger charge is -2.10. The molecule has 0 spiro atoms. The van der Waals surface area contributed by atoms with Crippen molar-refractivity contribution in [3.63, 3.8) is 0 Å². The van der Waals surface area contributed by atoms with Gasteiger partial charge >= 0.3 is 0 Å². The van der Waals surface area contributed by atoms with Gasteiger partial charge in [-0.15, -0.1) is 0 Å². The van der Waals surface area contributed by atoms with E-state index < -0.39 is 11.8 Å². The molecule has 2 heterocycles. The Bertz CT molecular complexity index is 1360. The summed E-state index contributed by atoms with van der Waals surface area (Å²) < 4.78 is 6.87. The van der Waals surface area contributed by atoms with E-state index in [0.717, 1.165) is 5.56 Å². The Morgan fingerprint density at radius 2 is 1.69 bits per heavy atom. The fourth-order valence-corrected chi connectivity index (χ4v) is 3.30. The van der Waals surface area contributed by atoms with Crippen molar-refractivity contribution < 1.29 is 14.0 Å². The number of oxazole rings is 1. The fraction of sp³-hybridized carbons (Fsp3) is 0.174. The minimum absolute atomic E-state index is 0.0475. The Hall–Kier alpha value is -4.27. The van der Waals surface area contributed by atoms with E-state index in [9.17, 15) is 14.4 Å². The lowest BCUT2D eigenvalue weighted by Crippen LogP contribution is -2.43. The van der Waals surface area contributed by atoms with E-state index in [2.05, 4.69) is 20.9 Å². The number of rotatable bonds is 5. The Balaban J connectivity index is 1.47. The number of aryl methyl sites for hydroxylation is 2. The molecule has 0 bridgehead atoms. The SMILES string of the molecule is CCn1nc(C(=O)NNC(=O)Cc2nc(-c3ccccc3)oc2C)c2ccccc2c1=O. The molecule has 9 nitrogen and oxygen atoms in total. The van der Waals surface area contributed by atoms with Crippen LogP contribution in [0.1, 0.15) is 28.9 Å². The minimum atomic E-state index is -0.626. The van der Waals surface area contributed by atoms with Crippen LogP contribution in [0.15, 0.2) is 63.8 Å². The summed E-state index contributed by atoms with van der Waals surface area (Å²) >= 11 is 0. The van der Waals surface area contributed by atoms with Gasteiger partial charge in [-0.3, -0.25) is 25.2 Å². The monoisotopic (exact) mass is 431 g/mol. The summed E-state index contributed by atoms with van der Waals surface area (Å²) in [6.07, 6.45) is -0.0783. The van der Waals surface area contributed by atoms with E-state index in [1.54, 1.807) is 38.1 Å². The highest BCUT2D eigenvalue weighted by atomic mass is 16.4. The van der Waals surface area contributed by atoms with Crippen molar-refractivity contribution in [1.82, 2.24) is 25.6 Å². The number of nitrogens with one attached hydrogen (secondary N) is 2. The van der Waals surface area contributed by atoms with Gasteiger partial charge in [0.1, 0.15) is 5.76 Å². The number of nitrogens with zero attached hydrogens (tertiary/aromatic N) is 3. The quantitative estimate of drug-likeness (QED) is 0.468. The molecule has 2 aromatic heterocycles. The van der Waals surface area contributed by atoms with Gasteiger partial charge in [0, 0.05) is 17.5 Å². The van der Waals surface area contributed by atoms with Gasteiger partial charge < -0.3 is 4.42 Å². The van der Waals surface area contributed by atoms with Crippen molar-refractivity contribution in [3.05, 3.63) is 82.1 Å². The molecule has 0 saturated heterocycles. The minimum Gasteiger partial charge on any atom is -0.441 e. The second kappa shape index (κ2) is 8.84. The zero-order valence-corrected chi connectivity index (χ0v) is 17.6. The van der Waals surface area contributed by atoms with Crippen molar-refractivity contribution in [2.75, 3.05) is 0 Å². The second-order valence-electron chi connectivity index (χ2n) is 7.08. The molecule has 32 heavy (non-hydrogen) atoms. The first-order chi connectivity index (χ1) is 15.5. The average molecular weight is 431 g/mol. The number of hydrogen-bond donors (Lipinski definition) is 2. The molecule has 0 saturated carbocycles.